The van der Waals surface area contributed by atoms with Crippen LogP contribution in [-0.4, -0.2) is 0 Å². The van der Waals surface area contributed by atoms with E-state index in [1.54, 1.807) is 0 Å². The molecule has 0 aliphatic carbocycles. The first-order valence-corrected chi connectivity index (χ1v) is 12.6. The van der Waals surface area contributed by atoms with Crippen LogP contribution in [0.15, 0.2) is 72.8 Å². The summed E-state index contributed by atoms with van der Waals surface area (Å²) in [5.74, 6) is 0. The van der Waals surface area contributed by atoms with Gasteiger partial charge < -0.3 is 11.5 Å². The Balaban J connectivity index is 1.19. The summed E-state index contributed by atoms with van der Waals surface area (Å²) in [4.78, 5) is 0. The van der Waals surface area contributed by atoms with Gasteiger partial charge in [0, 0.05) is 51.0 Å². The fraction of sp³-hybridized carbons (Fsp3) is 0.333. The van der Waals surface area contributed by atoms with Gasteiger partial charge in [-0.1, -0.05) is 36.4 Å². The molecule has 0 fully saturated rings. The highest BCUT2D eigenvalue weighted by Gasteiger charge is 2.15. The number of nitrogens with zero attached hydrogens (tertiary/aromatic N) is 2. The number of unbranched alkanes of at least 4 members (excludes halogenated alkanes) is 4. The smallest absolute Gasteiger partial charge is 0.214 e. The molecule has 0 unspecified atom stereocenters. The van der Waals surface area contributed by atoms with Crippen LogP contribution in [0.5, 0.6) is 0 Å². The van der Waals surface area contributed by atoms with Gasteiger partial charge >= 0.3 is 0 Å². The maximum Gasteiger partial charge on any atom is 0.214 e. The zero-order valence-electron chi connectivity index (χ0n) is 20.6. The van der Waals surface area contributed by atoms with E-state index in [1.807, 2.05) is 0 Å². The predicted molar refractivity (Wildman–Crippen MR) is 143 cm³/mol. The van der Waals surface area contributed by atoms with E-state index in [0.29, 0.717) is 0 Å². The highest BCUT2D eigenvalue weighted by molar-refractivity contribution is 5.88. The highest BCUT2D eigenvalue weighted by Crippen LogP contribution is 2.20. The minimum Gasteiger partial charge on any atom is -0.398 e. The number of aryl methyl sites for hydroxylation is 4. The van der Waals surface area contributed by atoms with Crippen molar-refractivity contribution in [3.8, 4) is 0 Å². The Hall–Kier alpha value is -3.40. The maximum absolute atomic E-state index is 6.21. The van der Waals surface area contributed by atoms with Gasteiger partial charge in [0.05, 0.1) is 22.1 Å². The van der Waals surface area contributed by atoms with Crippen molar-refractivity contribution in [2.24, 2.45) is 0 Å². The first-order valence-electron chi connectivity index (χ1n) is 12.6. The van der Waals surface area contributed by atoms with Crippen molar-refractivity contribution < 1.29 is 9.13 Å². The van der Waals surface area contributed by atoms with Crippen molar-refractivity contribution in [1.29, 1.82) is 0 Å². The van der Waals surface area contributed by atoms with Crippen molar-refractivity contribution in [3.05, 3.63) is 84.2 Å². The van der Waals surface area contributed by atoms with Crippen LogP contribution < -0.4 is 20.6 Å². The summed E-state index contributed by atoms with van der Waals surface area (Å²) in [6.45, 7) is 6.37. The Morgan fingerprint density at radius 1 is 0.618 bits per heavy atom. The van der Waals surface area contributed by atoms with Crippen LogP contribution in [0.1, 0.15) is 49.9 Å². The number of allylic oxidation sites excluding steroid dienone is 2. The molecule has 0 saturated heterocycles. The van der Waals surface area contributed by atoms with Crippen LogP contribution >= 0.6 is 0 Å². The molecule has 4 aromatic rings. The molecule has 0 amide bonds. The van der Waals surface area contributed by atoms with Crippen LogP contribution in [-0.2, 0) is 13.1 Å². The molecule has 0 spiro atoms. The van der Waals surface area contributed by atoms with Gasteiger partial charge in [-0.05, 0) is 37.8 Å². The predicted octanol–water partition coefficient (Wildman–Crippen LogP) is 5.95. The lowest BCUT2D eigenvalue weighted by Crippen LogP contribution is -2.38. The third-order valence-electron chi connectivity index (χ3n) is 6.76. The average Bonchev–Trinajstić information content (AvgIpc) is 2.83. The number of benzene rings is 2. The summed E-state index contributed by atoms with van der Waals surface area (Å²) in [7, 11) is 0. The van der Waals surface area contributed by atoms with Gasteiger partial charge in [-0.25, -0.2) is 0 Å². The van der Waals surface area contributed by atoms with Crippen molar-refractivity contribution in [2.75, 3.05) is 11.5 Å². The number of nitrogen functional groups attached to an aromatic ring is 2. The van der Waals surface area contributed by atoms with Gasteiger partial charge in [0.2, 0.25) is 11.0 Å². The maximum atomic E-state index is 6.21. The quantitative estimate of drug-likeness (QED) is 0.177. The standard InChI is InChI=1S/C30H36N4/c1-23-21-27(31)25-15-9-11-17-29(25)33(23)19-13-7-5-3-4-6-8-14-20-34-24(2)22-28(32)26-16-10-12-18-30(26)34/h3-4,9-12,15-18,21-22,31-32H,5-8,13-14,19-20H2,1-2H3/p+2/b4-3-. The fourth-order valence-corrected chi connectivity index (χ4v) is 4.94. The Labute approximate surface area is 203 Å². The number of para-hydroxylation sites is 2. The molecule has 0 bridgehead atoms. The zero-order valence-corrected chi connectivity index (χ0v) is 20.6. The second-order valence-corrected chi connectivity index (χ2v) is 9.28. The van der Waals surface area contributed by atoms with Crippen LogP contribution in [0.4, 0.5) is 11.4 Å². The van der Waals surface area contributed by atoms with Gasteiger partial charge in [0.15, 0.2) is 11.4 Å². The van der Waals surface area contributed by atoms with E-state index in [4.69, 9.17) is 11.5 Å². The van der Waals surface area contributed by atoms with E-state index < -0.39 is 0 Å². The molecule has 4 nitrogen and oxygen atoms in total. The molecule has 0 radical (unpaired) electrons. The molecule has 2 heterocycles. The van der Waals surface area contributed by atoms with Crippen molar-refractivity contribution in [1.82, 2.24) is 0 Å². The van der Waals surface area contributed by atoms with E-state index in [0.717, 1.165) is 48.1 Å². The van der Waals surface area contributed by atoms with Crippen LogP contribution in [0.2, 0.25) is 0 Å². The van der Waals surface area contributed by atoms with Crippen molar-refractivity contribution >= 4 is 33.2 Å². The molecule has 0 atom stereocenters. The highest BCUT2D eigenvalue weighted by atomic mass is 15.0. The first kappa shape index (κ1) is 23.7. The number of aromatic nitrogens is 2. The second kappa shape index (κ2) is 11.1. The summed E-state index contributed by atoms with van der Waals surface area (Å²) >= 11 is 0. The molecule has 4 rings (SSSR count). The van der Waals surface area contributed by atoms with Gasteiger partial charge in [-0.15, -0.1) is 0 Å². The summed E-state index contributed by atoms with van der Waals surface area (Å²) < 4.78 is 4.80. The van der Waals surface area contributed by atoms with E-state index in [2.05, 4.69) is 95.8 Å². The van der Waals surface area contributed by atoms with Crippen LogP contribution in [0, 0.1) is 13.8 Å². The Morgan fingerprint density at radius 3 is 1.47 bits per heavy atom. The van der Waals surface area contributed by atoms with Gasteiger partial charge in [-0.2, -0.15) is 9.13 Å². The number of hydrogen-bond acceptors (Lipinski definition) is 2. The first-order chi connectivity index (χ1) is 16.6. The van der Waals surface area contributed by atoms with Gasteiger partial charge in [-0.3, -0.25) is 0 Å². The monoisotopic (exact) mass is 454 g/mol. The largest absolute Gasteiger partial charge is 0.398 e. The molecule has 0 saturated carbocycles. The molecule has 34 heavy (non-hydrogen) atoms. The minimum absolute atomic E-state index is 0.866. The second-order valence-electron chi connectivity index (χ2n) is 9.28. The molecule has 2 aromatic carbocycles. The Bertz CT molecular complexity index is 1210. The number of fused-ring (bicyclic) bond motifs is 2. The van der Waals surface area contributed by atoms with Crippen molar-refractivity contribution in [2.45, 2.75) is 65.5 Å². The summed E-state index contributed by atoms with van der Waals surface area (Å²) in [5, 5.41) is 2.29. The molecule has 4 N–H and O–H groups in total. The third kappa shape index (κ3) is 5.39. The van der Waals surface area contributed by atoms with E-state index in [-0.39, 0.29) is 0 Å². The van der Waals surface area contributed by atoms with Crippen LogP contribution in [0.25, 0.3) is 21.8 Å². The summed E-state index contributed by atoms with van der Waals surface area (Å²) in [5.41, 5.74) is 19.1. The molecule has 0 aliphatic heterocycles. The molecule has 0 aliphatic rings. The topological polar surface area (TPSA) is 59.8 Å². The Morgan fingerprint density at radius 2 is 1.03 bits per heavy atom. The molecule has 2 aromatic heterocycles. The average molecular weight is 455 g/mol. The lowest BCUT2D eigenvalue weighted by atomic mass is 10.1. The zero-order chi connectivity index (χ0) is 23.9. The third-order valence-corrected chi connectivity index (χ3v) is 6.76. The Kier molecular flexibility index (Phi) is 7.79. The number of nitrogens with two attached hydrogens (primary N) is 2. The summed E-state index contributed by atoms with van der Waals surface area (Å²) in [6.07, 6.45) is 11.7. The molecule has 176 valence electrons. The fourth-order valence-electron chi connectivity index (χ4n) is 4.94. The summed E-state index contributed by atoms with van der Waals surface area (Å²) in [6, 6.07) is 21.0. The normalized spacial score (nSPS) is 11.7. The van der Waals surface area contributed by atoms with Crippen molar-refractivity contribution in [3.63, 3.8) is 0 Å². The van der Waals surface area contributed by atoms with Gasteiger partial charge in [0.25, 0.3) is 0 Å². The molecular formula is C30H38N4+2. The number of pyridine rings is 2. The SMILES string of the molecule is Cc1cc(N)c2ccccc2[n+]1CCCC/C=C\CCCC[n+]1c(C)cc(N)c2ccccc21. The van der Waals surface area contributed by atoms with E-state index in [9.17, 15) is 0 Å². The number of hydrogen-bond donors (Lipinski definition) is 2. The minimum atomic E-state index is 0.866. The van der Waals surface area contributed by atoms with Crippen LogP contribution in [0.3, 0.4) is 0 Å². The number of rotatable bonds is 10. The molecule has 4 heteroatoms. The van der Waals surface area contributed by atoms with Gasteiger partial charge in [0.1, 0.15) is 13.1 Å². The lowest BCUT2D eigenvalue weighted by Gasteiger charge is -2.07. The van der Waals surface area contributed by atoms with E-state index >= 15 is 0 Å². The molecular weight excluding hydrogens is 416 g/mol. The number of anilines is 2. The van der Waals surface area contributed by atoms with E-state index in [1.165, 1.54) is 48.1 Å². The lowest BCUT2D eigenvalue weighted by molar-refractivity contribution is -0.678.